The van der Waals surface area contributed by atoms with Crippen LogP contribution in [-0.2, 0) is 22.1 Å². The monoisotopic (exact) mass is 442 g/mol. The molecule has 10 nitrogen and oxygen atoms in total. The molecule has 1 aliphatic heterocycles. The second-order valence-electron chi connectivity index (χ2n) is 7.37. The van der Waals surface area contributed by atoms with Gasteiger partial charge in [0.1, 0.15) is 24.0 Å². The Hall–Kier alpha value is -2.95. The summed E-state index contributed by atoms with van der Waals surface area (Å²) in [5.41, 5.74) is 2.08. The van der Waals surface area contributed by atoms with Gasteiger partial charge in [0.05, 0.1) is 5.56 Å². The summed E-state index contributed by atoms with van der Waals surface area (Å²) in [6.07, 6.45) is 5.57. The molecule has 1 atom stereocenters. The molecule has 1 N–H and O–H groups in total. The van der Waals surface area contributed by atoms with E-state index in [2.05, 4.69) is 25.3 Å². The minimum Gasteiger partial charge on any atom is -0.356 e. The molecule has 1 unspecified atom stereocenters. The van der Waals surface area contributed by atoms with Crippen LogP contribution in [0.2, 0.25) is 0 Å². The number of fused-ring (bicyclic) bond motifs is 1. The average molecular weight is 443 g/mol. The molecule has 1 aliphatic rings. The summed E-state index contributed by atoms with van der Waals surface area (Å²) in [5.74, 6) is 2.97. The lowest BCUT2D eigenvalue weighted by molar-refractivity contribution is -0.131. The number of amides is 1. The largest absolute Gasteiger partial charge is 0.356 e. The Bertz CT molecular complexity index is 1100. The number of aryl methyl sites for hydroxylation is 2. The normalized spacial score (nSPS) is 15.9. The first-order valence-electron chi connectivity index (χ1n) is 10.4. The quantitative estimate of drug-likeness (QED) is 0.608. The number of hydrogen-bond acceptors (Lipinski definition) is 8. The highest BCUT2D eigenvalue weighted by Crippen LogP contribution is 2.27. The number of anilines is 1. The van der Waals surface area contributed by atoms with Gasteiger partial charge in [-0.1, -0.05) is 6.92 Å². The Morgan fingerprint density at radius 2 is 1.87 bits per heavy atom. The highest BCUT2D eigenvalue weighted by atomic mass is 32.2. The standard InChI is InChI=1S/C20H26N8O2S/c1-4-15(20(29)27-6-8-31(30)9-7-27)25-17-16-19(24-12-23-17)28(5-2)18(26-16)14-10-21-13(3)22-11-14/h10-12,15H,4-9H2,1-3H3,(H,23,24,25). The predicted molar refractivity (Wildman–Crippen MR) is 119 cm³/mol. The van der Waals surface area contributed by atoms with Crippen molar-refractivity contribution in [2.24, 2.45) is 0 Å². The number of carbonyl (C=O) groups excluding carboxylic acids is 1. The zero-order chi connectivity index (χ0) is 22.0. The van der Waals surface area contributed by atoms with E-state index >= 15 is 0 Å². The van der Waals surface area contributed by atoms with Gasteiger partial charge in [-0.15, -0.1) is 0 Å². The minimum absolute atomic E-state index is 0.00644. The Balaban J connectivity index is 1.66. The predicted octanol–water partition coefficient (Wildman–Crippen LogP) is 1.39. The van der Waals surface area contributed by atoms with Crippen LogP contribution in [0.15, 0.2) is 18.7 Å². The first kappa shape index (κ1) is 21.3. The Kier molecular flexibility index (Phi) is 6.21. The number of carbonyl (C=O) groups is 1. The van der Waals surface area contributed by atoms with Crippen molar-refractivity contribution in [3.8, 4) is 11.4 Å². The molecule has 0 saturated carbocycles. The molecule has 4 rings (SSSR count). The average Bonchev–Trinajstić information content (AvgIpc) is 3.17. The summed E-state index contributed by atoms with van der Waals surface area (Å²) >= 11 is 0. The van der Waals surface area contributed by atoms with E-state index in [4.69, 9.17) is 4.98 Å². The molecule has 11 heteroatoms. The van der Waals surface area contributed by atoms with Crippen LogP contribution in [0.1, 0.15) is 26.1 Å². The van der Waals surface area contributed by atoms with Crippen LogP contribution in [0.25, 0.3) is 22.6 Å². The van der Waals surface area contributed by atoms with Crippen molar-refractivity contribution in [2.45, 2.75) is 39.8 Å². The van der Waals surface area contributed by atoms with E-state index in [1.54, 1.807) is 17.3 Å². The number of nitrogens with one attached hydrogen (secondary N) is 1. The molecule has 0 aliphatic carbocycles. The molecule has 164 valence electrons. The highest BCUT2D eigenvalue weighted by Gasteiger charge is 2.27. The molecule has 0 aromatic carbocycles. The van der Waals surface area contributed by atoms with Crippen molar-refractivity contribution in [3.05, 3.63) is 24.5 Å². The van der Waals surface area contributed by atoms with Gasteiger partial charge in [0, 0.05) is 54.3 Å². The molecular formula is C20H26N8O2S. The van der Waals surface area contributed by atoms with E-state index in [1.807, 2.05) is 25.3 Å². The molecule has 1 saturated heterocycles. The fraction of sp³-hybridized carbons (Fsp3) is 0.500. The van der Waals surface area contributed by atoms with Gasteiger partial charge in [-0.25, -0.2) is 24.9 Å². The van der Waals surface area contributed by atoms with Crippen LogP contribution in [0.3, 0.4) is 0 Å². The third-order valence-electron chi connectivity index (χ3n) is 5.39. The van der Waals surface area contributed by atoms with Crippen molar-refractivity contribution in [1.29, 1.82) is 0 Å². The van der Waals surface area contributed by atoms with Crippen LogP contribution in [0, 0.1) is 6.92 Å². The third kappa shape index (κ3) is 4.27. The maximum atomic E-state index is 13.0. The molecule has 3 aromatic heterocycles. The topological polar surface area (TPSA) is 119 Å². The Labute approximate surface area is 183 Å². The summed E-state index contributed by atoms with van der Waals surface area (Å²) in [7, 11) is -0.828. The summed E-state index contributed by atoms with van der Waals surface area (Å²) in [6.45, 7) is 7.51. The van der Waals surface area contributed by atoms with Crippen LogP contribution >= 0.6 is 0 Å². The van der Waals surface area contributed by atoms with Gasteiger partial charge in [-0.05, 0) is 20.3 Å². The van der Waals surface area contributed by atoms with Gasteiger partial charge in [0.15, 0.2) is 17.0 Å². The number of imidazole rings is 1. The number of rotatable bonds is 6. The summed E-state index contributed by atoms with van der Waals surface area (Å²) in [5, 5.41) is 3.28. The molecule has 31 heavy (non-hydrogen) atoms. The van der Waals surface area contributed by atoms with Crippen LogP contribution in [-0.4, -0.2) is 75.1 Å². The van der Waals surface area contributed by atoms with Crippen molar-refractivity contribution in [3.63, 3.8) is 0 Å². The van der Waals surface area contributed by atoms with Gasteiger partial charge < -0.3 is 14.8 Å². The van der Waals surface area contributed by atoms with Crippen LogP contribution in [0.4, 0.5) is 5.82 Å². The number of nitrogens with zero attached hydrogens (tertiary/aromatic N) is 7. The molecular weight excluding hydrogens is 416 g/mol. The maximum Gasteiger partial charge on any atom is 0.245 e. The van der Waals surface area contributed by atoms with E-state index in [0.717, 1.165) is 5.56 Å². The van der Waals surface area contributed by atoms with E-state index in [0.29, 0.717) is 66.2 Å². The fourth-order valence-electron chi connectivity index (χ4n) is 3.65. The lowest BCUT2D eigenvalue weighted by Gasteiger charge is -2.30. The second kappa shape index (κ2) is 9.04. The lowest BCUT2D eigenvalue weighted by atomic mass is 10.2. The Morgan fingerprint density at radius 3 is 2.52 bits per heavy atom. The summed E-state index contributed by atoms with van der Waals surface area (Å²) in [6, 6.07) is -0.442. The van der Waals surface area contributed by atoms with Gasteiger partial charge in [-0.2, -0.15) is 0 Å². The molecule has 0 spiro atoms. The zero-order valence-electron chi connectivity index (χ0n) is 17.9. The SMILES string of the molecule is CCC(Nc1ncnc2c1nc(-c1cnc(C)nc1)n2CC)C(=O)N1CCS(=O)CC1. The van der Waals surface area contributed by atoms with Gasteiger partial charge in [-0.3, -0.25) is 9.00 Å². The smallest absolute Gasteiger partial charge is 0.245 e. The molecule has 1 amide bonds. The molecule has 4 heterocycles. The zero-order valence-corrected chi connectivity index (χ0v) is 18.7. The van der Waals surface area contributed by atoms with E-state index in [9.17, 15) is 9.00 Å². The first-order valence-corrected chi connectivity index (χ1v) is 11.9. The van der Waals surface area contributed by atoms with Crippen molar-refractivity contribution in [2.75, 3.05) is 29.9 Å². The minimum atomic E-state index is -0.828. The summed E-state index contributed by atoms with van der Waals surface area (Å²) < 4.78 is 13.6. The van der Waals surface area contributed by atoms with Gasteiger partial charge >= 0.3 is 0 Å². The van der Waals surface area contributed by atoms with Crippen LogP contribution in [0.5, 0.6) is 0 Å². The molecule has 0 bridgehead atoms. The van der Waals surface area contributed by atoms with Crippen molar-refractivity contribution >= 4 is 33.7 Å². The number of hydrogen-bond donors (Lipinski definition) is 1. The third-order valence-corrected chi connectivity index (χ3v) is 6.67. The number of aromatic nitrogens is 6. The first-order chi connectivity index (χ1) is 15.0. The van der Waals surface area contributed by atoms with Crippen LogP contribution < -0.4 is 5.32 Å². The van der Waals surface area contributed by atoms with E-state index in [-0.39, 0.29) is 5.91 Å². The maximum absolute atomic E-state index is 13.0. The lowest BCUT2D eigenvalue weighted by Crippen LogP contribution is -2.48. The molecule has 3 aromatic rings. The van der Waals surface area contributed by atoms with E-state index in [1.165, 1.54) is 6.33 Å². The van der Waals surface area contributed by atoms with Gasteiger partial charge in [0.2, 0.25) is 5.91 Å². The van der Waals surface area contributed by atoms with Crippen molar-refractivity contribution in [1.82, 2.24) is 34.4 Å². The molecule has 0 radical (unpaired) electrons. The van der Waals surface area contributed by atoms with E-state index < -0.39 is 16.8 Å². The fourth-order valence-corrected chi connectivity index (χ4v) is 4.70. The van der Waals surface area contributed by atoms with Crippen molar-refractivity contribution < 1.29 is 9.00 Å². The highest BCUT2D eigenvalue weighted by molar-refractivity contribution is 7.85. The second-order valence-corrected chi connectivity index (χ2v) is 9.07. The van der Waals surface area contributed by atoms with Gasteiger partial charge in [0.25, 0.3) is 0 Å². The summed E-state index contributed by atoms with van der Waals surface area (Å²) in [4.78, 5) is 37.0. The molecule has 1 fully saturated rings. The Morgan fingerprint density at radius 1 is 1.16 bits per heavy atom.